The van der Waals surface area contributed by atoms with E-state index in [2.05, 4.69) is 30.1 Å². The molecule has 1 heterocycles. The zero-order chi connectivity index (χ0) is 15.1. The lowest BCUT2D eigenvalue weighted by molar-refractivity contribution is 0.300. The van der Waals surface area contributed by atoms with Gasteiger partial charge in [0.1, 0.15) is 11.9 Å². The lowest BCUT2D eigenvalue weighted by Crippen LogP contribution is -2.30. The molecule has 114 valence electrons. The zero-order valence-electron chi connectivity index (χ0n) is 13.3. The molecule has 1 aliphatic rings. The SMILES string of the molecule is CCCN(CC)CCNc1nc2c(cc1C#N)CCCC2. The van der Waals surface area contributed by atoms with Gasteiger partial charge in [0.25, 0.3) is 0 Å². The van der Waals surface area contributed by atoms with Gasteiger partial charge in [-0.3, -0.25) is 0 Å². The van der Waals surface area contributed by atoms with Crippen molar-refractivity contribution in [2.24, 2.45) is 0 Å². The largest absolute Gasteiger partial charge is 0.368 e. The molecule has 0 fully saturated rings. The Bertz CT molecular complexity index is 504. The highest BCUT2D eigenvalue weighted by molar-refractivity contribution is 5.54. The summed E-state index contributed by atoms with van der Waals surface area (Å²) in [6.45, 7) is 8.42. The van der Waals surface area contributed by atoms with Gasteiger partial charge in [0.05, 0.1) is 5.56 Å². The van der Waals surface area contributed by atoms with Gasteiger partial charge in [0.2, 0.25) is 0 Å². The number of nitrogens with one attached hydrogen (secondary N) is 1. The van der Waals surface area contributed by atoms with E-state index in [-0.39, 0.29) is 0 Å². The molecule has 0 atom stereocenters. The van der Waals surface area contributed by atoms with Gasteiger partial charge in [-0.05, 0) is 56.8 Å². The molecule has 1 aliphatic carbocycles. The summed E-state index contributed by atoms with van der Waals surface area (Å²) in [4.78, 5) is 7.11. The maximum Gasteiger partial charge on any atom is 0.144 e. The Morgan fingerprint density at radius 1 is 1.29 bits per heavy atom. The van der Waals surface area contributed by atoms with E-state index in [9.17, 15) is 5.26 Å². The quantitative estimate of drug-likeness (QED) is 0.837. The van der Waals surface area contributed by atoms with Crippen LogP contribution in [0.5, 0.6) is 0 Å². The third kappa shape index (κ3) is 4.18. The van der Waals surface area contributed by atoms with Gasteiger partial charge < -0.3 is 10.2 Å². The molecule has 0 spiro atoms. The molecule has 0 aliphatic heterocycles. The van der Waals surface area contributed by atoms with E-state index in [1.165, 1.54) is 30.5 Å². The van der Waals surface area contributed by atoms with Crippen LogP contribution in [0.4, 0.5) is 5.82 Å². The molecular weight excluding hydrogens is 260 g/mol. The first-order chi connectivity index (χ1) is 10.3. The Morgan fingerprint density at radius 3 is 2.81 bits per heavy atom. The third-order valence-corrected chi connectivity index (χ3v) is 4.13. The normalized spacial score (nSPS) is 13.8. The van der Waals surface area contributed by atoms with Crippen LogP contribution in [-0.4, -0.2) is 36.1 Å². The second kappa shape index (κ2) is 7.99. The van der Waals surface area contributed by atoms with Gasteiger partial charge in [0, 0.05) is 18.8 Å². The van der Waals surface area contributed by atoms with Gasteiger partial charge >= 0.3 is 0 Å². The average molecular weight is 286 g/mol. The predicted octanol–water partition coefficient (Wildman–Crippen LogP) is 2.98. The fourth-order valence-electron chi connectivity index (χ4n) is 2.93. The van der Waals surface area contributed by atoms with Crippen molar-refractivity contribution in [2.45, 2.75) is 46.0 Å². The predicted molar refractivity (Wildman–Crippen MR) is 86.5 cm³/mol. The van der Waals surface area contributed by atoms with E-state index >= 15 is 0 Å². The smallest absolute Gasteiger partial charge is 0.144 e. The molecule has 0 saturated carbocycles. The molecule has 0 amide bonds. The molecule has 4 heteroatoms. The van der Waals surface area contributed by atoms with E-state index in [4.69, 9.17) is 4.98 Å². The van der Waals surface area contributed by atoms with E-state index in [0.29, 0.717) is 5.56 Å². The number of hydrogen-bond acceptors (Lipinski definition) is 4. The number of nitriles is 1. The Labute approximate surface area is 128 Å². The fraction of sp³-hybridized carbons (Fsp3) is 0.647. The number of likely N-dealkylation sites (N-methyl/N-ethyl adjacent to an activating group) is 1. The topological polar surface area (TPSA) is 52.0 Å². The van der Waals surface area contributed by atoms with Crippen molar-refractivity contribution in [3.8, 4) is 6.07 Å². The molecule has 4 nitrogen and oxygen atoms in total. The molecule has 0 radical (unpaired) electrons. The van der Waals surface area contributed by atoms with Crippen LogP contribution in [0.15, 0.2) is 6.07 Å². The van der Waals surface area contributed by atoms with Crippen molar-refractivity contribution in [1.29, 1.82) is 5.26 Å². The zero-order valence-corrected chi connectivity index (χ0v) is 13.3. The minimum atomic E-state index is 0.689. The van der Waals surface area contributed by atoms with Crippen molar-refractivity contribution in [3.63, 3.8) is 0 Å². The first-order valence-corrected chi connectivity index (χ1v) is 8.17. The molecule has 0 aromatic carbocycles. The van der Waals surface area contributed by atoms with E-state index in [1.54, 1.807) is 0 Å². The highest BCUT2D eigenvalue weighted by Crippen LogP contribution is 2.24. The molecule has 1 aromatic heterocycles. The Morgan fingerprint density at radius 2 is 2.10 bits per heavy atom. The van der Waals surface area contributed by atoms with Crippen LogP contribution in [0.1, 0.15) is 49.9 Å². The Kier molecular flexibility index (Phi) is 6.01. The molecule has 1 aromatic rings. The van der Waals surface area contributed by atoms with Crippen LogP contribution in [0, 0.1) is 11.3 Å². The standard InChI is InChI=1S/C17H26N4/c1-3-10-21(4-2)11-9-19-17-15(13-18)12-14-7-5-6-8-16(14)20-17/h12H,3-11H2,1-2H3,(H,19,20). The van der Waals surface area contributed by atoms with Crippen LogP contribution in [-0.2, 0) is 12.8 Å². The maximum atomic E-state index is 9.32. The average Bonchev–Trinajstić information content (AvgIpc) is 2.53. The second-order valence-corrected chi connectivity index (χ2v) is 5.67. The molecular formula is C17H26N4. The van der Waals surface area contributed by atoms with Crippen molar-refractivity contribution >= 4 is 5.82 Å². The molecule has 2 rings (SSSR count). The number of rotatable bonds is 7. The van der Waals surface area contributed by atoms with Gasteiger partial charge in [0.15, 0.2) is 0 Å². The highest BCUT2D eigenvalue weighted by atomic mass is 15.1. The number of aromatic nitrogens is 1. The maximum absolute atomic E-state index is 9.32. The first kappa shape index (κ1) is 15.8. The van der Waals surface area contributed by atoms with Crippen molar-refractivity contribution in [3.05, 3.63) is 22.9 Å². The summed E-state index contributed by atoms with van der Waals surface area (Å²) in [5.41, 5.74) is 3.14. The highest BCUT2D eigenvalue weighted by Gasteiger charge is 2.15. The second-order valence-electron chi connectivity index (χ2n) is 5.67. The minimum Gasteiger partial charge on any atom is -0.368 e. The summed E-state index contributed by atoms with van der Waals surface area (Å²) in [6.07, 6.45) is 5.72. The van der Waals surface area contributed by atoms with Crippen LogP contribution in [0.2, 0.25) is 0 Å². The van der Waals surface area contributed by atoms with Crippen LogP contribution in [0.25, 0.3) is 0 Å². The number of aryl methyl sites for hydroxylation is 2. The summed E-state index contributed by atoms with van der Waals surface area (Å²) in [6, 6.07) is 4.32. The van der Waals surface area contributed by atoms with E-state index in [0.717, 1.165) is 44.8 Å². The fourth-order valence-corrected chi connectivity index (χ4v) is 2.93. The Hall–Kier alpha value is -1.60. The monoisotopic (exact) mass is 286 g/mol. The summed E-state index contributed by atoms with van der Waals surface area (Å²) in [7, 11) is 0. The number of anilines is 1. The van der Waals surface area contributed by atoms with Gasteiger partial charge in [-0.1, -0.05) is 13.8 Å². The summed E-state index contributed by atoms with van der Waals surface area (Å²) < 4.78 is 0. The van der Waals surface area contributed by atoms with E-state index < -0.39 is 0 Å². The third-order valence-electron chi connectivity index (χ3n) is 4.13. The van der Waals surface area contributed by atoms with Gasteiger partial charge in [-0.2, -0.15) is 5.26 Å². The number of nitrogens with zero attached hydrogens (tertiary/aromatic N) is 3. The molecule has 21 heavy (non-hydrogen) atoms. The first-order valence-electron chi connectivity index (χ1n) is 8.17. The number of pyridine rings is 1. The summed E-state index contributed by atoms with van der Waals surface area (Å²) in [5, 5.41) is 12.7. The lowest BCUT2D eigenvalue weighted by atomic mass is 9.95. The van der Waals surface area contributed by atoms with E-state index in [1.807, 2.05) is 6.07 Å². The molecule has 1 N–H and O–H groups in total. The molecule has 0 unspecified atom stereocenters. The number of hydrogen-bond donors (Lipinski definition) is 1. The van der Waals surface area contributed by atoms with Crippen LogP contribution < -0.4 is 5.32 Å². The lowest BCUT2D eigenvalue weighted by Gasteiger charge is -2.21. The van der Waals surface area contributed by atoms with Crippen LogP contribution in [0.3, 0.4) is 0 Å². The molecule has 0 saturated heterocycles. The van der Waals surface area contributed by atoms with Gasteiger partial charge in [-0.15, -0.1) is 0 Å². The Balaban J connectivity index is 2.00. The van der Waals surface area contributed by atoms with Crippen LogP contribution >= 0.6 is 0 Å². The van der Waals surface area contributed by atoms with Crippen molar-refractivity contribution < 1.29 is 0 Å². The van der Waals surface area contributed by atoms with Crippen molar-refractivity contribution in [1.82, 2.24) is 9.88 Å². The summed E-state index contributed by atoms with van der Waals surface area (Å²) in [5.74, 6) is 0.769. The van der Waals surface area contributed by atoms with Crippen molar-refractivity contribution in [2.75, 3.05) is 31.5 Å². The van der Waals surface area contributed by atoms with Gasteiger partial charge in [-0.25, -0.2) is 4.98 Å². The minimum absolute atomic E-state index is 0.689. The molecule has 0 bridgehead atoms. The number of fused-ring (bicyclic) bond motifs is 1. The summed E-state index contributed by atoms with van der Waals surface area (Å²) >= 11 is 0.